The summed E-state index contributed by atoms with van der Waals surface area (Å²) in [6, 6.07) is 10.4. The normalized spacial score (nSPS) is 15.9. The molecule has 2 N–H and O–H groups in total. The number of carbonyl (C=O) groups is 3. The van der Waals surface area contributed by atoms with Gasteiger partial charge in [-0.1, -0.05) is 23.7 Å². The van der Waals surface area contributed by atoms with Crippen LogP contribution in [0, 0.1) is 5.82 Å². The first kappa shape index (κ1) is 23.4. The van der Waals surface area contributed by atoms with E-state index in [-0.39, 0.29) is 30.6 Å². The Balaban J connectivity index is 1.65. The van der Waals surface area contributed by atoms with Crippen molar-refractivity contribution in [3.8, 4) is 11.3 Å². The highest BCUT2D eigenvalue weighted by atomic mass is 35.5. The molecule has 3 amide bonds. The minimum absolute atomic E-state index is 0.0803. The van der Waals surface area contributed by atoms with Crippen LogP contribution in [0.3, 0.4) is 0 Å². The van der Waals surface area contributed by atoms with E-state index in [9.17, 15) is 23.9 Å². The highest BCUT2D eigenvalue weighted by molar-refractivity contribution is 6.35. The van der Waals surface area contributed by atoms with Gasteiger partial charge in [0.05, 0.1) is 21.8 Å². The third-order valence-electron chi connectivity index (χ3n) is 5.90. The topological polar surface area (TPSA) is 103 Å². The van der Waals surface area contributed by atoms with Crippen LogP contribution in [0.4, 0.5) is 9.18 Å². The molecule has 0 unspecified atom stereocenters. The number of amides is 3. The number of hydrogen-bond donors (Lipinski definition) is 2. The number of fused-ring (bicyclic) bond motifs is 1. The second kappa shape index (κ2) is 9.26. The van der Waals surface area contributed by atoms with Gasteiger partial charge in [-0.15, -0.1) is 0 Å². The van der Waals surface area contributed by atoms with Crippen molar-refractivity contribution in [2.75, 3.05) is 26.7 Å². The molecule has 3 aromatic rings. The first-order valence-electron chi connectivity index (χ1n) is 10.6. The zero-order valence-electron chi connectivity index (χ0n) is 18.5. The number of halogens is 2. The number of aromatic nitrogens is 1. The lowest BCUT2D eigenvalue weighted by molar-refractivity contribution is 0.0507. The van der Waals surface area contributed by atoms with Crippen LogP contribution in [-0.4, -0.2) is 70.5 Å². The van der Waals surface area contributed by atoms with E-state index in [0.717, 1.165) is 0 Å². The number of piperazine rings is 1. The zero-order valence-corrected chi connectivity index (χ0v) is 19.3. The van der Waals surface area contributed by atoms with Gasteiger partial charge < -0.3 is 20.2 Å². The summed E-state index contributed by atoms with van der Waals surface area (Å²) >= 11 is 6.45. The molecule has 8 nitrogen and oxygen atoms in total. The van der Waals surface area contributed by atoms with Gasteiger partial charge in [0.15, 0.2) is 0 Å². The van der Waals surface area contributed by atoms with Crippen LogP contribution in [0.25, 0.3) is 22.2 Å². The third kappa shape index (κ3) is 4.38. The number of carbonyl (C=O) groups excluding carboxylic acids is 2. The number of rotatable bonds is 3. The molecular weight excluding hydrogens is 463 g/mol. The maximum atomic E-state index is 14.5. The Bertz CT molecular complexity index is 1320. The van der Waals surface area contributed by atoms with Gasteiger partial charge in [-0.3, -0.25) is 9.59 Å². The second-order valence-corrected chi connectivity index (χ2v) is 8.48. The molecule has 0 radical (unpaired) electrons. The van der Waals surface area contributed by atoms with Crippen molar-refractivity contribution in [3.05, 3.63) is 64.4 Å². The van der Waals surface area contributed by atoms with E-state index < -0.39 is 17.8 Å². The van der Waals surface area contributed by atoms with Crippen molar-refractivity contribution in [2.24, 2.45) is 0 Å². The van der Waals surface area contributed by atoms with Gasteiger partial charge >= 0.3 is 6.09 Å². The molecule has 1 aromatic heterocycles. The molecule has 0 spiro atoms. The number of carboxylic acid groups (broad SMARTS) is 1. The molecule has 0 aliphatic carbocycles. The van der Waals surface area contributed by atoms with Crippen LogP contribution < -0.4 is 5.32 Å². The summed E-state index contributed by atoms with van der Waals surface area (Å²) < 4.78 is 14.5. The maximum absolute atomic E-state index is 14.5. The Kier molecular flexibility index (Phi) is 6.39. The lowest BCUT2D eigenvalue weighted by atomic mass is 10.0. The molecular formula is C24H22ClFN4O4. The number of pyridine rings is 1. The van der Waals surface area contributed by atoms with Crippen LogP contribution in [-0.2, 0) is 0 Å². The maximum Gasteiger partial charge on any atom is 0.407 e. The van der Waals surface area contributed by atoms with Crippen molar-refractivity contribution >= 4 is 40.4 Å². The monoisotopic (exact) mass is 484 g/mol. The molecule has 10 heteroatoms. The minimum atomic E-state index is -1.00. The van der Waals surface area contributed by atoms with Crippen LogP contribution in [0.2, 0.25) is 5.02 Å². The number of nitrogens with zero attached hydrogens (tertiary/aromatic N) is 3. The van der Waals surface area contributed by atoms with Gasteiger partial charge in [-0.2, -0.15) is 0 Å². The Labute approximate surface area is 199 Å². The summed E-state index contributed by atoms with van der Waals surface area (Å²) in [5, 5.41) is 12.7. The van der Waals surface area contributed by atoms with Crippen LogP contribution in [0.1, 0.15) is 27.6 Å². The van der Waals surface area contributed by atoms with Gasteiger partial charge in [-0.05, 0) is 37.3 Å². The van der Waals surface area contributed by atoms with E-state index in [4.69, 9.17) is 11.6 Å². The first-order chi connectivity index (χ1) is 16.2. The lowest BCUT2D eigenvalue weighted by Crippen LogP contribution is -2.55. The van der Waals surface area contributed by atoms with Crippen molar-refractivity contribution in [1.82, 2.24) is 20.1 Å². The molecule has 2 aromatic carbocycles. The van der Waals surface area contributed by atoms with Crippen molar-refractivity contribution in [3.63, 3.8) is 0 Å². The Morgan fingerprint density at radius 2 is 1.91 bits per heavy atom. The molecule has 0 saturated carbocycles. The predicted molar refractivity (Wildman–Crippen MR) is 126 cm³/mol. The molecule has 1 aliphatic heterocycles. The van der Waals surface area contributed by atoms with Crippen LogP contribution >= 0.6 is 11.6 Å². The SMILES string of the molecule is CNC(=O)c1ccc(-c2cc(Cl)c3ccc(C(=O)N4CCN(C(=O)O)[C@H](C)C4)cc3n2)cc1F. The molecule has 2 heterocycles. The number of benzene rings is 2. The molecule has 1 aliphatic rings. The number of nitrogens with one attached hydrogen (secondary N) is 1. The van der Waals surface area contributed by atoms with Gasteiger partial charge in [0.1, 0.15) is 5.82 Å². The fourth-order valence-corrected chi connectivity index (χ4v) is 4.33. The molecule has 0 bridgehead atoms. The van der Waals surface area contributed by atoms with Gasteiger partial charge in [0.25, 0.3) is 11.8 Å². The van der Waals surface area contributed by atoms with Crippen LogP contribution in [0.5, 0.6) is 0 Å². The Hall–Kier alpha value is -3.72. The van der Waals surface area contributed by atoms with E-state index >= 15 is 0 Å². The summed E-state index contributed by atoms with van der Waals surface area (Å²) in [5.41, 5.74) is 1.60. The molecule has 1 fully saturated rings. The summed E-state index contributed by atoms with van der Waals surface area (Å²) in [4.78, 5) is 43.6. The smallest absolute Gasteiger partial charge is 0.407 e. The van der Waals surface area contributed by atoms with Crippen LogP contribution in [0.15, 0.2) is 42.5 Å². The lowest BCUT2D eigenvalue weighted by Gasteiger charge is -2.38. The second-order valence-electron chi connectivity index (χ2n) is 8.07. The van der Waals surface area contributed by atoms with E-state index in [1.165, 1.54) is 24.1 Å². The summed E-state index contributed by atoms with van der Waals surface area (Å²) in [6.07, 6.45) is -1.00. The van der Waals surface area contributed by atoms with E-state index in [2.05, 4.69) is 10.3 Å². The summed E-state index contributed by atoms with van der Waals surface area (Å²) in [7, 11) is 1.42. The standard InChI is InChI=1S/C24H22ClFN4O4/c1-13-12-29(7-8-30(13)24(33)34)23(32)15-4-5-16-18(25)11-20(28-21(16)10-15)14-3-6-17(19(26)9-14)22(31)27-2/h3-6,9-11,13H,7-8,12H2,1-2H3,(H,27,31)(H,33,34)/t13-/m1/s1. The minimum Gasteiger partial charge on any atom is -0.465 e. The Morgan fingerprint density at radius 3 is 2.56 bits per heavy atom. The fourth-order valence-electron chi connectivity index (χ4n) is 4.07. The van der Waals surface area contributed by atoms with E-state index in [1.807, 2.05) is 0 Å². The van der Waals surface area contributed by atoms with Crippen molar-refractivity contribution in [2.45, 2.75) is 13.0 Å². The number of hydrogen-bond acceptors (Lipinski definition) is 4. The van der Waals surface area contributed by atoms with Crippen molar-refractivity contribution in [1.29, 1.82) is 0 Å². The highest BCUT2D eigenvalue weighted by Crippen LogP contribution is 2.30. The van der Waals surface area contributed by atoms with Crippen molar-refractivity contribution < 1.29 is 23.9 Å². The first-order valence-corrected chi connectivity index (χ1v) is 11.0. The molecule has 4 rings (SSSR count). The Morgan fingerprint density at radius 1 is 1.15 bits per heavy atom. The molecule has 1 saturated heterocycles. The molecule has 34 heavy (non-hydrogen) atoms. The highest BCUT2D eigenvalue weighted by Gasteiger charge is 2.30. The van der Waals surface area contributed by atoms with E-state index in [1.54, 1.807) is 42.2 Å². The average molecular weight is 485 g/mol. The van der Waals surface area contributed by atoms with Gasteiger partial charge in [-0.25, -0.2) is 14.2 Å². The summed E-state index contributed by atoms with van der Waals surface area (Å²) in [6.45, 7) is 2.57. The van der Waals surface area contributed by atoms with E-state index in [0.29, 0.717) is 39.3 Å². The van der Waals surface area contributed by atoms with Gasteiger partial charge in [0.2, 0.25) is 0 Å². The molecule has 1 atom stereocenters. The summed E-state index contributed by atoms with van der Waals surface area (Å²) in [5.74, 6) is -1.45. The quantitative estimate of drug-likeness (QED) is 0.587. The third-order valence-corrected chi connectivity index (χ3v) is 6.22. The fraction of sp³-hybridized carbons (Fsp3) is 0.250. The average Bonchev–Trinajstić information content (AvgIpc) is 2.82. The largest absolute Gasteiger partial charge is 0.465 e. The zero-order chi connectivity index (χ0) is 24.6. The molecule has 176 valence electrons. The van der Waals surface area contributed by atoms with Gasteiger partial charge in [0, 0.05) is 49.2 Å². The predicted octanol–water partition coefficient (Wildman–Crippen LogP) is 3.88.